The van der Waals surface area contributed by atoms with E-state index in [1.165, 1.54) is 40.7 Å². The molecule has 0 aliphatic carbocycles. The molecule has 1 heterocycles. The van der Waals surface area contributed by atoms with Gasteiger partial charge in [-0.25, -0.2) is 9.07 Å². The number of hydrogen-bond donors (Lipinski definition) is 1. The van der Waals surface area contributed by atoms with Crippen LogP contribution in [-0.2, 0) is 6.54 Å². The maximum absolute atomic E-state index is 12.8. The highest BCUT2D eigenvalue weighted by molar-refractivity contribution is 7.98. The first-order valence-corrected chi connectivity index (χ1v) is 6.88. The van der Waals surface area contributed by atoms with Crippen molar-refractivity contribution < 1.29 is 9.18 Å². The first kappa shape index (κ1) is 14.1. The summed E-state index contributed by atoms with van der Waals surface area (Å²) in [5, 5.41) is 13.6. The Bertz CT molecular complexity index is 688. The van der Waals surface area contributed by atoms with E-state index in [1.807, 2.05) is 6.07 Å². The minimum Gasteiger partial charge on any atom is -0.383 e. The van der Waals surface area contributed by atoms with Crippen molar-refractivity contribution in [3.8, 4) is 6.07 Å². The Morgan fingerprint density at radius 1 is 1.50 bits per heavy atom. The molecule has 0 fully saturated rings. The quantitative estimate of drug-likeness (QED) is 0.688. The van der Waals surface area contributed by atoms with Crippen LogP contribution in [0.2, 0.25) is 0 Å². The van der Waals surface area contributed by atoms with Gasteiger partial charge in [-0.1, -0.05) is 0 Å². The highest BCUT2D eigenvalue weighted by Gasteiger charge is 2.17. The lowest BCUT2D eigenvalue weighted by molar-refractivity contribution is 0.0968. The molecular weight excluding hydrogens is 279 g/mol. The zero-order chi connectivity index (χ0) is 14.7. The fraction of sp³-hybridized carbons (Fsp3) is 0.154. The molecule has 0 aliphatic heterocycles. The van der Waals surface area contributed by atoms with Crippen LogP contribution in [-0.4, -0.2) is 21.8 Å². The van der Waals surface area contributed by atoms with Gasteiger partial charge in [0.05, 0.1) is 0 Å². The third kappa shape index (κ3) is 2.65. The minimum atomic E-state index is -0.406. The van der Waals surface area contributed by atoms with E-state index in [-0.39, 0.29) is 23.7 Å². The van der Waals surface area contributed by atoms with Gasteiger partial charge in [-0.3, -0.25) is 4.79 Å². The van der Waals surface area contributed by atoms with Gasteiger partial charge in [0, 0.05) is 5.56 Å². The fourth-order valence-electron chi connectivity index (χ4n) is 1.68. The standard InChI is InChI=1S/C13H11FN4OS/c1-20-13-10(6-15)12(16)18(17-13)7-11(19)8-2-4-9(14)5-3-8/h2-5H,7,16H2,1H3. The van der Waals surface area contributed by atoms with Gasteiger partial charge in [-0.05, 0) is 30.5 Å². The molecule has 0 radical (unpaired) electrons. The number of carbonyl (C=O) groups excluding carboxylic acids is 1. The van der Waals surface area contributed by atoms with E-state index in [1.54, 1.807) is 6.26 Å². The van der Waals surface area contributed by atoms with Crippen molar-refractivity contribution in [2.24, 2.45) is 0 Å². The number of carbonyl (C=O) groups is 1. The van der Waals surface area contributed by atoms with Crippen molar-refractivity contribution in [2.75, 3.05) is 12.0 Å². The van der Waals surface area contributed by atoms with Crippen molar-refractivity contribution >= 4 is 23.4 Å². The molecule has 0 atom stereocenters. The van der Waals surface area contributed by atoms with Gasteiger partial charge < -0.3 is 5.73 Å². The van der Waals surface area contributed by atoms with Gasteiger partial charge in [0.2, 0.25) is 0 Å². The molecule has 5 nitrogen and oxygen atoms in total. The number of benzene rings is 1. The Morgan fingerprint density at radius 3 is 2.65 bits per heavy atom. The normalized spacial score (nSPS) is 10.2. The molecule has 2 rings (SSSR count). The summed E-state index contributed by atoms with van der Waals surface area (Å²) in [6.07, 6.45) is 1.77. The van der Waals surface area contributed by atoms with Crippen molar-refractivity contribution in [3.63, 3.8) is 0 Å². The minimum absolute atomic E-state index is 0.0906. The van der Waals surface area contributed by atoms with E-state index < -0.39 is 5.82 Å². The summed E-state index contributed by atoms with van der Waals surface area (Å²) in [5.74, 6) is -0.500. The molecule has 1 aromatic carbocycles. The molecular formula is C13H11FN4OS. The second-order valence-corrected chi connectivity index (χ2v) is 4.76. The Hall–Kier alpha value is -2.33. The van der Waals surface area contributed by atoms with Gasteiger partial charge in [0.1, 0.15) is 34.8 Å². The monoisotopic (exact) mass is 290 g/mol. The number of nitrogens with two attached hydrogens (primary N) is 1. The number of hydrogen-bond acceptors (Lipinski definition) is 5. The molecule has 2 N–H and O–H groups in total. The van der Waals surface area contributed by atoms with Crippen molar-refractivity contribution in [3.05, 3.63) is 41.2 Å². The Balaban J connectivity index is 2.26. The Labute approximate surface area is 119 Å². The molecule has 0 aliphatic rings. The molecule has 2 aromatic rings. The zero-order valence-corrected chi connectivity index (χ0v) is 11.4. The molecule has 102 valence electrons. The summed E-state index contributed by atoms with van der Waals surface area (Å²) >= 11 is 1.28. The van der Waals surface area contributed by atoms with E-state index in [9.17, 15) is 9.18 Å². The van der Waals surface area contributed by atoms with Gasteiger partial charge >= 0.3 is 0 Å². The molecule has 1 aromatic heterocycles. The van der Waals surface area contributed by atoms with Crippen LogP contribution in [0.4, 0.5) is 10.2 Å². The van der Waals surface area contributed by atoms with E-state index in [4.69, 9.17) is 11.0 Å². The average Bonchev–Trinajstić information content (AvgIpc) is 2.75. The summed E-state index contributed by atoms with van der Waals surface area (Å²) in [4.78, 5) is 12.0. The van der Waals surface area contributed by atoms with Crippen LogP contribution in [0.25, 0.3) is 0 Å². The first-order valence-electron chi connectivity index (χ1n) is 5.66. The number of aromatic nitrogens is 2. The molecule has 0 amide bonds. The summed E-state index contributed by atoms with van der Waals surface area (Å²) in [5.41, 5.74) is 6.43. The fourth-order valence-corrected chi connectivity index (χ4v) is 2.22. The number of rotatable bonds is 4. The van der Waals surface area contributed by atoms with Crippen LogP contribution < -0.4 is 5.73 Å². The van der Waals surface area contributed by atoms with E-state index in [0.29, 0.717) is 10.6 Å². The van der Waals surface area contributed by atoms with Crippen LogP contribution in [0.5, 0.6) is 0 Å². The third-order valence-electron chi connectivity index (χ3n) is 2.72. The average molecular weight is 290 g/mol. The highest BCUT2D eigenvalue weighted by atomic mass is 32.2. The smallest absolute Gasteiger partial charge is 0.184 e. The zero-order valence-electron chi connectivity index (χ0n) is 10.6. The van der Waals surface area contributed by atoms with Crippen molar-refractivity contribution in [1.29, 1.82) is 5.26 Å². The number of anilines is 1. The predicted molar refractivity (Wildman–Crippen MR) is 73.9 cm³/mol. The summed E-state index contributed by atoms with van der Waals surface area (Å²) in [6.45, 7) is -0.0906. The lowest BCUT2D eigenvalue weighted by Crippen LogP contribution is -2.14. The number of nitriles is 1. The van der Waals surface area contributed by atoms with Crippen LogP contribution in [0.3, 0.4) is 0 Å². The van der Waals surface area contributed by atoms with Gasteiger partial charge in [-0.2, -0.15) is 10.4 Å². The first-order chi connectivity index (χ1) is 9.56. The number of thioether (sulfide) groups is 1. The summed E-state index contributed by atoms with van der Waals surface area (Å²) in [6, 6.07) is 7.20. The number of nitrogens with zero attached hydrogens (tertiary/aromatic N) is 3. The molecule has 20 heavy (non-hydrogen) atoms. The second-order valence-electron chi connectivity index (χ2n) is 3.97. The molecule has 0 saturated carbocycles. The Kier molecular flexibility index (Phi) is 4.05. The molecule has 7 heteroatoms. The van der Waals surface area contributed by atoms with Gasteiger partial charge in [0.15, 0.2) is 5.78 Å². The van der Waals surface area contributed by atoms with Crippen molar-refractivity contribution in [1.82, 2.24) is 9.78 Å². The van der Waals surface area contributed by atoms with Crippen LogP contribution >= 0.6 is 11.8 Å². The van der Waals surface area contributed by atoms with Gasteiger partial charge in [0.25, 0.3) is 0 Å². The summed E-state index contributed by atoms with van der Waals surface area (Å²) in [7, 11) is 0. The molecule has 0 unspecified atom stereocenters. The van der Waals surface area contributed by atoms with E-state index in [0.717, 1.165) is 0 Å². The topological polar surface area (TPSA) is 84.7 Å². The largest absolute Gasteiger partial charge is 0.383 e. The number of Topliss-reactive ketones (excluding diaryl/α,β-unsaturated/α-hetero) is 1. The van der Waals surface area contributed by atoms with Crippen LogP contribution in [0, 0.1) is 17.1 Å². The molecule has 0 saturated heterocycles. The lowest BCUT2D eigenvalue weighted by atomic mass is 10.1. The van der Waals surface area contributed by atoms with Crippen LogP contribution in [0.15, 0.2) is 29.3 Å². The predicted octanol–water partition coefficient (Wildman–Crippen LogP) is 2.08. The SMILES string of the molecule is CSc1nn(CC(=O)c2ccc(F)cc2)c(N)c1C#N. The van der Waals surface area contributed by atoms with E-state index in [2.05, 4.69) is 5.10 Å². The number of nitrogen functional groups attached to an aromatic ring is 1. The Morgan fingerprint density at radius 2 is 2.15 bits per heavy atom. The second kappa shape index (κ2) is 5.75. The van der Waals surface area contributed by atoms with Crippen molar-refractivity contribution in [2.45, 2.75) is 11.6 Å². The summed E-state index contributed by atoms with van der Waals surface area (Å²) < 4.78 is 14.1. The van der Waals surface area contributed by atoms with E-state index >= 15 is 0 Å². The molecule has 0 spiro atoms. The number of ketones is 1. The lowest BCUT2D eigenvalue weighted by Gasteiger charge is -2.03. The maximum atomic E-state index is 12.8. The maximum Gasteiger partial charge on any atom is 0.184 e. The highest BCUT2D eigenvalue weighted by Crippen LogP contribution is 2.23. The van der Waals surface area contributed by atoms with Crippen LogP contribution in [0.1, 0.15) is 15.9 Å². The van der Waals surface area contributed by atoms with Gasteiger partial charge in [-0.15, -0.1) is 11.8 Å². The molecule has 0 bridgehead atoms. The third-order valence-corrected chi connectivity index (χ3v) is 3.40. The number of halogens is 1.